The maximum absolute atomic E-state index is 10.9. The quantitative estimate of drug-likeness (QED) is 0.670. The summed E-state index contributed by atoms with van der Waals surface area (Å²) in [5.74, 6) is 0. The Kier molecular flexibility index (Phi) is 3.23. The predicted octanol–water partition coefficient (Wildman–Crippen LogP) is 1.17. The van der Waals surface area contributed by atoms with E-state index >= 15 is 0 Å². The molecule has 0 unspecified atom stereocenters. The van der Waals surface area contributed by atoms with Gasteiger partial charge in [-0.25, -0.2) is 0 Å². The second-order valence-electron chi connectivity index (χ2n) is 4.29. The maximum Gasteiger partial charge on any atom is 0.264 e. The van der Waals surface area contributed by atoms with Gasteiger partial charge in [0.2, 0.25) is 0 Å². The molecule has 1 fully saturated rings. The summed E-state index contributed by atoms with van der Waals surface area (Å²) in [6.45, 7) is 6.51. The zero-order valence-electron chi connectivity index (χ0n) is 9.11. The summed E-state index contributed by atoms with van der Waals surface area (Å²) in [5, 5.41) is 0. The van der Waals surface area contributed by atoms with Gasteiger partial charge in [-0.1, -0.05) is 13.8 Å². The van der Waals surface area contributed by atoms with Crippen molar-refractivity contribution in [1.29, 1.82) is 0 Å². The molecule has 1 saturated carbocycles. The molecule has 2 atom stereocenters. The molecule has 5 heteroatoms. The van der Waals surface area contributed by atoms with Crippen molar-refractivity contribution in [3.05, 3.63) is 0 Å². The van der Waals surface area contributed by atoms with Crippen molar-refractivity contribution in [2.24, 2.45) is 5.41 Å². The summed E-state index contributed by atoms with van der Waals surface area (Å²) < 4.78 is 32.3. The third-order valence-corrected chi connectivity index (χ3v) is 3.33. The number of hydrogen-bond acceptors (Lipinski definition) is 4. The fourth-order valence-corrected chi connectivity index (χ4v) is 2.46. The minimum atomic E-state index is -3.35. The first kappa shape index (κ1) is 11.9. The van der Waals surface area contributed by atoms with Crippen molar-refractivity contribution in [2.75, 3.05) is 12.9 Å². The highest BCUT2D eigenvalue weighted by Gasteiger charge is 2.51. The Labute approximate surface area is 85.7 Å². The first-order valence-corrected chi connectivity index (χ1v) is 6.59. The lowest BCUT2D eigenvalue weighted by Gasteiger charge is -2.50. The summed E-state index contributed by atoms with van der Waals surface area (Å²) in [6.07, 6.45) is 1.61. The monoisotopic (exact) mass is 222 g/mol. The highest BCUT2D eigenvalue weighted by Crippen LogP contribution is 2.45. The molecule has 0 saturated heterocycles. The van der Waals surface area contributed by atoms with E-state index in [1.165, 1.54) is 0 Å². The van der Waals surface area contributed by atoms with E-state index in [2.05, 4.69) is 0 Å². The van der Waals surface area contributed by atoms with Gasteiger partial charge in [0.05, 0.1) is 18.5 Å². The largest absolute Gasteiger partial charge is 0.378 e. The van der Waals surface area contributed by atoms with Crippen LogP contribution in [0.25, 0.3) is 0 Å². The number of ether oxygens (including phenoxy) is 1. The molecule has 0 aromatic heterocycles. The molecule has 0 aromatic carbocycles. The SMILES string of the molecule is CCO[C@@H]1C[C@@H](OS(C)(=O)=O)C1(C)C. The zero-order valence-corrected chi connectivity index (χ0v) is 9.93. The Morgan fingerprint density at radius 2 is 1.93 bits per heavy atom. The van der Waals surface area contributed by atoms with Crippen LogP contribution in [0, 0.1) is 5.41 Å². The molecule has 1 aliphatic rings. The lowest BCUT2D eigenvalue weighted by Crippen LogP contribution is -2.56. The van der Waals surface area contributed by atoms with Crippen LogP contribution < -0.4 is 0 Å². The summed E-state index contributed by atoms with van der Waals surface area (Å²) in [6, 6.07) is 0. The summed E-state index contributed by atoms with van der Waals surface area (Å²) in [4.78, 5) is 0. The van der Waals surface area contributed by atoms with Crippen LogP contribution in [0.1, 0.15) is 27.2 Å². The molecule has 1 aliphatic carbocycles. The lowest BCUT2D eigenvalue weighted by atomic mass is 9.66. The van der Waals surface area contributed by atoms with Crippen LogP contribution in [0.2, 0.25) is 0 Å². The molecule has 0 aromatic rings. The van der Waals surface area contributed by atoms with Gasteiger partial charge < -0.3 is 4.74 Å². The summed E-state index contributed by atoms with van der Waals surface area (Å²) in [7, 11) is -3.35. The Morgan fingerprint density at radius 1 is 1.36 bits per heavy atom. The molecule has 4 nitrogen and oxygen atoms in total. The molecule has 0 bridgehead atoms. The van der Waals surface area contributed by atoms with E-state index in [0.717, 1.165) is 6.26 Å². The highest BCUT2D eigenvalue weighted by atomic mass is 32.2. The first-order chi connectivity index (χ1) is 6.27. The van der Waals surface area contributed by atoms with Gasteiger partial charge in [-0.05, 0) is 6.92 Å². The van der Waals surface area contributed by atoms with Crippen molar-refractivity contribution < 1.29 is 17.3 Å². The first-order valence-electron chi connectivity index (χ1n) is 4.77. The standard InChI is InChI=1S/C9H18O4S/c1-5-12-7-6-8(9(7,2)3)13-14(4,10)11/h7-8H,5-6H2,1-4H3/t7-,8-/m1/s1. The van der Waals surface area contributed by atoms with Gasteiger partial charge in [0.15, 0.2) is 0 Å². The average Bonchev–Trinajstić information content (AvgIpc) is 2.01. The van der Waals surface area contributed by atoms with Crippen LogP contribution in [0.4, 0.5) is 0 Å². The minimum Gasteiger partial charge on any atom is -0.378 e. The molecule has 0 spiro atoms. The molecule has 0 amide bonds. The molecule has 1 rings (SSSR count). The summed E-state index contributed by atoms with van der Waals surface area (Å²) >= 11 is 0. The van der Waals surface area contributed by atoms with E-state index in [4.69, 9.17) is 8.92 Å². The fourth-order valence-electron chi connectivity index (χ4n) is 1.71. The van der Waals surface area contributed by atoms with E-state index < -0.39 is 10.1 Å². The van der Waals surface area contributed by atoms with Crippen molar-refractivity contribution in [3.63, 3.8) is 0 Å². The van der Waals surface area contributed by atoms with Crippen LogP contribution in [-0.2, 0) is 19.0 Å². The Hall–Kier alpha value is -0.130. The minimum absolute atomic E-state index is 0.110. The van der Waals surface area contributed by atoms with Crippen LogP contribution >= 0.6 is 0 Å². The van der Waals surface area contributed by atoms with Crippen molar-refractivity contribution >= 4 is 10.1 Å². The molecule has 14 heavy (non-hydrogen) atoms. The van der Waals surface area contributed by atoms with E-state index in [1.807, 2.05) is 20.8 Å². The number of hydrogen-bond donors (Lipinski definition) is 0. The van der Waals surface area contributed by atoms with Gasteiger partial charge in [0.25, 0.3) is 10.1 Å². The molecular weight excluding hydrogens is 204 g/mol. The molecule has 84 valence electrons. The van der Waals surface area contributed by atoms with Gasteiger partial charge in [0.1, 0.15) is 0 Å². The topological polar surface area (TPSA) is 52.6 Å². The Morgan fingerprint density at radius 3 is 2.29 bits per heavy atom. The van der Waals surface area contributed by atoms with E-state index in [1.54, 1.807) is 0 Å². The molecule has 0 aliphatic heterocycles. The van der Waals surface area contributed by atoms with Crippen LogP contribution in [0.3, 0.4) is 0 Å². The maximum atomic E-state index is 10.9. The van der Waals surface area contributed by atoms with E-state index in [0.29, 0.717) is 13.0 Å². The zero-order chi connectivity index (χ0) is 11.0. The molecule has 0 radical (unpaired) electrons. The molecule has 0 heterocycles. The van der Waals surface area contributed by atoms with E-state index in [9.17, 15) is 8.42 Å². The third-order valence-electron chi connectivity index (χ3n) is 2.75. The Balaban J connectivity index is 2.55. The normalized spacial score (nSPS) is 31.1. The van der Waals surface area contributed by atoms with Crippen LogP contribution in [0.5, 0.6) is 0 Å². The fraction of sp³-hybridized carbons (Fsp3) is 1.00. The second-order valence-corrected chi connectivity index (χ2v) is 5.89. The van der Waals surface area contributed by atoms with Gasteiger partial charge in [-0.3, -0.25) is 4.18 Å². The Bertz CT molecular complexity index is 294. The van der Waals surface area contributed by atoms with Gasteiger partial charge in [-0.15, -0.1) is 0 Å². The third kappa shape index (κ3) is 2.46. The highest BCUT2D eigenvalue weighted by molar-refractivity contribution is 7.86. The molecule has 0 N–H and O–H groups in total. The lowest BCUT2D eigenvalue weighted by molar-refractivity contribution is -0.160. The van der Waals surface area contributed by atoms with Crippen LogP contribution in [0.15, 0.2) is 0 Å². The average molecular weight is 222 g/mol. The van der Waals surface area contributed by atoms with E-state index in [-0.39, 0.29) is 17.6 Å². The van der Waals surface area contributed by atoms with Crippen LogP contribution in [-0.4, -0.2) is 33.5 Å². The smallest absolute Gasteiger partial charge is 0.264 e. The second kappa shape index (κ2) is 3.79. The predicted molar refractivity (Wildman–Crippen MR) is 53.5 cm³/mol. The van der Waals surface area contributed by atoms with Crippen molar-refractivity contribution in [2.45, 2.75) is 39.4 Å². The van der Waals surface area contributed by atoms with Gasteiger partial charge >= 0.3 is 0 Å². The van der Waals surface area contributed by atoms with Crippen molar-refractivity contribution in [3.8, 4) is 0 Å². The van der Waals surface area contributed by atoms with Crippen molar-refractivity contribution in [1.82, 2.24) is 0 Å². The molecular formula is C9H18O4S. The number of rotatable bonds is 4. The van der Waals surface area contributed by atoms with Gasteiger partial charge in [-0.2, -0.15) is 8.42 Å². The van der Waals surface area contributed by atoms with Gasteiger partial charge in [0, 0.05) is 18.4 Å². The summed E-state index contributed by atoms with van der Waals surface area (Å²) in [5.41, 5.74) is -0.209.